The molecule has 5 rings (SSSR count). The number of halogens is 2. The summed E-state index contributed by atoms with van der Waals surface area (Å²) < 4.78 is 12.0. The zero-order valence-electron chi connectivity index (χ0n) is 18.4. The van der Waals surface area contributed by atoms with E-state index in [2.05, 4.69) is 25.4 Å². The van der Waals surface area contributed by atoms with E-state index < -0.39 is 11.7 Å². The molecule has 0 saturated carbocycles. The number of hydrogen-bond donors (Lipinski definition) is 1. The molecule has 1 saturated heterocycles. The molecule has 1 unspecified atom stereocenters. The molecular weight excluding hydrogens is 497 g/mol. The van der Waals surface area contributed by atoms with E-state index in [-0.39, 0.29) is 30.1 Å². The van der Waals surface area contributed by atoms with Crippen molar-refractivity contribution in [3.05, 3.63) is 74.3 Å². The summed E-state index contributed by atoms with van der Waals surface area (Å²) in [5.41, 5.74) is 0.936. The lowest BCUT2D eigenvalue weighted by Gasteiger charge is -2.21. The van der Waals surface area contributed by atoms with E-state index in [1.165, 1.54) is 17.2 Å². The van der Waals surface area contributed by atoms with Crippen LogP contribution in [0.5, 0.6) is 0 Å². The number of aliphatic hydroxyl groups is 1. The van der Waals surface area contributed by atoms with E-state index in [9.17, 15) is 9.90 Å². The third kappa shape index (κ3) is 5.27. The quantitative estimate of drug-likeness (QED) is 0.391. The van der Waals surface area contributed by atoms with Gasteiger partial charge in [0.05, 0.1) is 18.5 Å². The summed E-state index contributed by atoms with van der Waals surface area (Å²) in [5.74, 6) is 0.446. The third-order valence-corrected chi connectivity index (χ3v) is 6.23. The summed E-state index contributed by atoms with van der Waals surface area (Å²) in [7, 11) is 0. The molecule has 35 heavy (non-hydrogen) atoms. The molecule has 2 atom stereocenters. The molecule has 11 nitrogen and oxygen atoms in total. The standard InChI is InChI=1S/C22H21Cl2N7O4/c23-14-6-4-13(5-7-14)17(32)9-18-27-19(35-29-18)12-30-22(33)21(24)15(10-25-30)16-11-26-31(28-16)20-3-1-2-8-34-20/h4-7,10-11,17,20,32H,1-3,8-9,12H2/t17-,20?/m0/s1. The van der Waals surface area contributed by atoms with Crippen LogP contribution >= 0.6 is 23.2 Å². The summed E-state index contributed by atoms with van der Waals surface area (Å²) in [6, 6.07) is 6.83. The fourth-order valence-electron chi connectivity index (χ4n) is 3.74. The van der Waals surface area contributed by atoms with Gasteiger partial charge in [-0.1, -0.05) is 40.5 Å². The molecule has 13 heteroatoms. The second kappa shape index (κ2) is 10.2. The maximum Gasteiger partial charge on any atom is 0.286 e. The smallest absolute Gasteiger partial charge is 0.286 e. The van der Waals surface area contributed by atoms with E-state index in [1.807, 2.05) is 0 Å². The first-order valence-electron chi connectivity index (χ1n) is 11.0. The van der Waals surface area contributed by atoms with Gasteiger partial charge in [0.2, 0.25) is 5.89 Å². The highest BCUT2D eigenvalue weighted by Crippen LogP contribution is 2.25. The maximum absolute atomic E-state index is 12.8. The van der Waals surface area contributed by atoms with Gasteiger partial charge in [0.25, 0.3) is 5.56 Å². The molecule has 4 aromatic rings. The molecule has 3 aromatic heterocycles. The monoisotopic (exact) mass is 517 g/mol. The number of benzene rings is 1. The lowest BCUT2D eigenvalue weighted by atomic mass is 10.1. The van der Waals surface area contributed by atoms with Crippen LogP contribution in [0.3, 0.4) is 0 Å². The molecule has 1 fully saturated rings. The first-order chi connectivity index (χ1) is 17.0. The van der Waals surface area contributed by atoms with Crippen LogP contribution in [0.1, 0.15) is 48.9 Å². The summed E-state index contributed by atoms with van der Waals surface area (Å²) in [6.45, 7) is 0.586. The molecule has 0 radical (unpaired) electrons. The number of nitrogens with zero attached hydrogens (tertiary/aromatic N) is 7. The third-order valence-electron chi connectivity index (χ3n) is 5.61. The molecule has 0 aliphatic carbocycles. The highest BCUT2D eigenvalue weighted by atomic mass is 35.5. The predicted molar refractivity (Wildman–Crippen MR) is 125 cm³/mol. The fourth-order valence-corrected chi connectivity index (χ4v) is 4.11. The normalized spacial score (nSPS) is 16.9. The van der Waals surface area contributed by atoms with Crippen LogP contribution in [-0.2, 0) is 17.7 Å². The van der Waals surface area contributed by atoms with Gasteiger partial charge in [-0.2, -0.15) is 25.1 Å². The zero-order valence-corrected chi connectivity index (χ0v) is 19.9. The minimum Gasteiger partial charge on any atom is -0.388 e. The highest BCUT2D eigenvalue weighted by molar-refractivity contribution is 6.33. The molecule has 1 aliphatic rings. The van der Waals surface area contributed by atoms with Crippen LogP contribution in [0.4, 0.5) is 0 Å². The average molecular weight is 518 g/mol. The van der Waals surface area contributed by atoms with Crippen molar-refractivity contribution in [2.75, 3.05) is 6.61 Å². The first-order valence-corrected chi connectivity index (χ1v) is 11.8. The van der Waals surface area contributed by atoms with Crippen molar-refractivity contribution in [1.82, 2.24) is 34.9 Å². The number of aromatic nitrogens is 7. The molecule has 1 aliphatic heterocycles. The maximum atomic E-state index is 12.8. The van der Waals surface area contributed by atoms with E-state index in [1.54, 1.807) is 24.3 Å². The molecular formula is C22H21Cl2N7O4. The topological polar surface area (TPSA) is 134 Å². The van der Waals surface area contributed by atoms with E-state index >= 15 is 0 Å². The van der Waals surface area contributed by atoms with Gasteiger partial charge < -0.3 is 14.4 Å². The van der Waals surface area contributed by atoms with Crippen LogP contribution in [0, 0.1) is 0 Å². The van der Waals surface area contributed by atoms with Crippen LogP contribution < -0.4 is 5.56 Å². The molecule has 1 aromatic carbocycles. The van der Waals surface area contributed by atoms with Gasteiger partial charge >= 0.3 is 0 Å². The Balaban J connectivity index is 1.28. The Labute approximate surface area is 209 Å². The number of rotatable bonds is 7. The minimum atomic E-state index is -0.834. The highest BCUT2D eigenvalue weighted by Gasteiger charge is 2.21. The van der Waals surface area contributed by atoms with Crippen molar-refractivity contribution in [3.8, 4) is 11.3 Å². The summed E-state index contributed by atoms with van der Waals surface area (Å²) in [5, 5.41) is 27.7. The Morgan fingerprint density at radius 2 is 1.97 bits per heavy atom. The fraction of sp³-hybridized carbons (Fsp3) is 0.364. The van der Waals surface area contributed by atoms with Gasteiger partial charge in [0.15, 0.2) is 12.1 Å². The Kier molecular flexibility index (Phi) is 6.91. The number of hydrogen-bond acceptors (Lipinski definition) is 9. The molecule has 0 spiro atoms. The van der Waals surface area contributed by atoms with Crippen molar-refractivity contribution in [2.45, 2.75) is 44.6 Å². The Bertz CT molecular complexity index is 1360. The van der Waals surface area contributed by atoms with Crippen molar-refractivity contribution in [3.63, 3.8) is 0 Å². The largest absolute Gasteiger partial charge is 0.388 e. The number of ether oxygens (including phenoxy) is 1. The molecule has 0 amide bonds. The van der Waals surface area contributed by atoms with Crippen molar-refractivity contribution >= 4 is 23.2 Å². The Morgan fingerprint density at radius 1 is 1.14 bits per heavy atom. The number of aliphatic hydroxyl groups excluding tert-OH is 1. The van der Waals surface area contributed by atoms with Crippen molar-refractivity contribution in [2.24, 2.45) is 0 Å². The van der Waals surface area contributed by atoms with Crippen molar-refractivity contribution in [1.29, 1.82) is 0 Å². The predicted octanol–water partition coefficient (Wildman–Crippen LogP) is 3.22. The van der Waals surface area contributed by atoms with Gasteiger partial charge in [-0.25, -0.2) is 4.68 Å². The second-order valence-electron chi connectivity index (χ2n) is 8.08. The van der Waals surface area contributed by atoms with Crippen LogP contribution in [0.2, 0.25) is 10.0 Å². The van der Waals surface area contributed by atoms with Gasteiger partial charge in [-0.05, 0) is 37.0 Å². The first kappa shape index (κ1) is 23.6. The van der Waals surface area contributed by atoms with Crippen LogP contribution in [-0.4, -0.2) is 46.6 Å². The minimum absolute atomic E-state index is 0.0467. The van der Waals surface area contributed by atoms with Gasteiger partial charge in [-0.3, -0.25) is 4.79 Å². The van der Waals surface area contributed by atoms with Crippen LogP contribution in [0.25, 0.3) is 11.3 Å². The second-order valence-corrected chi connectivity index (χ2v) is 8.90. The Morgan fingerprint density at radius 3 is 2.74 bits per heavy atom. The van der Waals surface area contributed by atoms with Gasteiger partial charge in [0.1, 0.15) is 17.3 Å². The lowest BCUT2D eigenvalue weighted by Crippen LogP contribution is -2.24. The lowest BCUT2D eigenvalue weighted by molar-refractivity contribution is -0.0479. The molecule has 0 bridgehead atoms. The summed E-state index contributed by atoms with van der Waals surface area (Å²) >= 11 is 12.2. The molecule has 1 N–H and O–H groups in total. The average Bonchev–Trinajstić information content (AvgIpc) is 3.53. The van der Waals surface area contributed by atoms with E-state index in [4.69, 9.17) is 32.5 Å². The van der Waals surface area contributed by atoms with Crippen LogP contribution in [0.15, 0.2) is 46.0 Å². The molecule has 182 valence electrons. The summed E-state index contributed by atoms with van der Waals surface area (Å²) in [6.07, 6.45) is 4.93. The summed E-state index contributed by atoms with van der Waals surface area (Å²) in [4.78, 5) is 18.6. The van der Waals surface area contributed by atoms with Crippen molar-refractivity contribution < 1.29 is 14.4 Å². The molecule has 4 heterocycles. The van der Waals surface area contributed by atoms with Gasteiger partial charge in [0, 0.05) is 23.6 Å². The zero-order chi connectivity index (χ0) is 24.4. The van der Waals surface area contributed by atoms with Gasteiger partial charge in [-0.15, -0.1) is 0 Å². The van der Waals surface area contributed by atoms with E-state index in [0.717, 1.165) is 23.9 Å². The SMILES string of the molecule is O=c1c(Cl)c(-c2cnn(C3CCCCO3)n2)cnn1Cc1nc(C[C@H](O)c2ccc(Cl)cc2)no1. The van der Waals surface area contributed by atoms with E-state index in [0.29, 0.717) is 34.3 Å². The Hall–Kier alpha value is -3.12.